The number of methoxy groups -OCH3 is 1. The molecule has 4 heterocycles. The fourth-order valence-electron chi connectivity index (χ4n) is 3.54. The van der Waals surface area contributed by atoms with Gasteiger partial charge in [-0.1, -0.05) is 0 Å². The Morgan fingerprint density at radius 2 is 1.37 bits per heavy atom. The van der Waals surface area contributed by atoms with Gasteiger partial charge in [-0.25, -0.2) is 19.6 Å². The maximum Gasteiger partial charge on any atom is 0.339 e. The third-order valence-electron chi connectivity index (χ3n) is 4.78. The van der Waals surface area contributed by atoms with Crippen LogP contribution in [0.5, 0.6) is 0 Å². The van der Waals surface area contributed by atoms with Crippen LogP contribution in [0.4, 0.5) is 11.6 Å². The van der Waals surface area contributed by atoms with Crippen LogP contribution in [0, 0.1) is 0 Å². The SMILES string of the molecule is CC1(C)Cc2cc(C(=O)O)cnc2N1.COC(=O)c1cnc2c(c1)CC(C)(C)N2.Cl. The van der Waals surface area contributed by atoms with Crippen LogP contribution in [0.25, 0.3) is 0 Å². The lowest BCUT2D eigenvalue weighted by molar-refractivity contribution is 0.0599. The number of carbonyl (C=O) groups excluding carboxylic acids is 1. The lowest BCUT2D eigenvalue weighted by Gasteiger charge is -2.17. The molecule has 8 nitrogen and oxygen atoms in total. The van der Waals surface area contributed by atoms with E-state index in [1.165, 1.54) is 13.3 Å². The van der Waals surface area contributed by atoms with Crippen molar-refractivity contribution in [1.29, 1.82) is 0 Å². The summed E-state index contributed by atoms with van der Waals surface area (Å²) in [5.74, 6) is 0.410. The molecule has 9 heteroatoms. The lowest BCUT2D eigenvalue weighted by Crippen LogP contribution is -2.27. The van der Waals surface area contributed by atoms with E-state index in [1.54, 1.807) is 12.3 Å². The van der Waals surface area contributed by atoms with Gasteiger partial charge in [-0.2, -0.15) is 0 Å². The number of ether oxygens (including phenoxy) is 1. The lowest BCUT2D eigenvalue weighted by atomic mass is 10.0. The zero-order valence-corrected chi connectivity index (χ0v) is 18.5. The van der Waals surface area contributed by atoms with Crippen LogP contribution in [0.15, 0.2) is 24.5 Å². The minimum absolute atomic E-state index is 0. The smallest absolute Gasteiger partial charge is 0.339 e. The maximum atomic E-state index is 11.3. The van der Waals surface area contributed by atoms with Gasteiger partial charge in [0.15, 0.2) is 0 Å². The summed E-state index contributed by atoms with van der Waals surface area (Å²) in [5, 5.41) is 15.3. The summed E-state index contributed by atoms with van der Waals surface area (Å²) >= 11 is 0. The van der Waals surface area contributed by atoms with Crippen molar-refractivity contribution >= 4 is 36.0 Å². The quantitative estimate of drug-likeness (QED) is 0.615. The molecule has 0 spiro atoms. The Balaban J connectivity index is 0.000000207. The average molecular weight is 435 g/mol. The molecule has 2 aliphatic heterocycles. The molecule has 0 saturated heterocycles. The zero-order valence-electron chi connectivity index (χ0n) is 17.7. The minimum Gasteiger partial charge on any atom is -0.478 e. The molecule has 0 radical (unpaired) electrons. The number of carboxylic acids is 1. The second-order valence-electron chi connectivity index (χ2n) is 8.63. The molecular weight excluding hydrogens is 408 g/mol. The van der Waals surface area contributed by atoms with Gasteiger partial charge in [0.25, 0.3) is 0 Å². The number of hydrogen-bond acceptors (Lipinski definition) is 7. The number of hydrogen-bond donors (Lipinski definition) is 3. The molecule has 0 aromatic carbocycles. The summed E-state index contributed by atoms with van der Waals surface area (Å²) in [5.41, 5.74) is 2.81. The first-order valence-electron chi connectivity index (χ1n) is 9.35. The van der Waals surface area contributed by atoms with E-state index in [2.05, 4.69) is 53.0 Å². The predicted octanol–water partition coefficient (Wildman–Crippen LogP) is 3.56. The number of aromatic nitrogens is 2. The van der Waals surface area contributed by atoms with Gasteiger partial charge in [0, 0.05) is 23.5 Å². The molecule has 2 aliphatic rings. The fraction of sp³-hybridized carbons (Fsp3) is 0.429. The first kappa shape index (κ1) is 23.4. The highest BCUT2D eigenvalue weighted by atomic mass is 35.5. The summed E-state index contributed by atoms with van der Waals surface area (Å²) in [4.78, 5) is 30.3. The maximum absolute atomic E-state index is 11.3. The number of anilines is 2. The van der Waals surface area contributed by atoms with Gasteiger partial charge in [0.05, 0.1) is 18.2 Å². The molecule has 0 atom stereocenters. The van der Waals surface area contributed by atoms with E-state index in [0.29, 0.717) is 5.56 Å². The Morgan fingerprint density at radius 3 is 1.80 bits per heavy atom. The van der Waals surface area contributed by atoms with Gasteiger partial charge >= 0.3 is 11.9 Å². The average Bonchev–Trinajstić information content (AvgIpc) is 3.12. The first-order chi connectivity index (χ1) is 13.5. The van der Waals surface area contributed by atoms with Crippen molar-refractivity contribution in [3.63, 3.8) is 0 Å². The van der Waals surface area contributed by atoms with Gasteiger partial charge in [-0.3, -0.25) is 0 Å². The number of nitrogens with one attached hydrogen (secondary N) is 2. The molecule has 3 N–H and O–H groups in total. The van der Waals surface area contributed by atoms with Gasteiger partial charge < -0.3 is 20.5 Å². The van der Waals surface area contributed by atoms with E-state index >= 15 is 0 Å². The minimum atomic E-state index is -0.926. The second-order valence-corrected chi connectivity index (χ2v) is 8.63. The molecule has 2 aromatic rings. The van der Waals surface area contributed by atoms with E-state index in [1.807, 2.05) is 6.07 Å². The second kappa shape index (κ2) is 8.47. The highest BCUT2D eigenvalue weighted by Gasteiger charge is 2.29. The van der Waals surface area contributed by atoms with Gasteiger partial charge in [-0.15, -0.1) is 12.4 Å². The summed E-state index contributed by atoms with van der Waals surface area (Å²) < 4.78 is 4.65. The van der Waals surface area contributed by atoms with Crippen molar-refractivity contribution in [3.05, 3.63) is 46.8 Å². The van der Waals surface area contributed by atoms with Gasteiger partial charge in [-0.05, 0) is 63.8 Å². The number of carboxylic acid groups (broad SMARTS) is 1. The number of aromatic carboxylic acids is 1. The summed E-state index contributed by atoms with van der Waals surface area (Å²) in [6.07, 6.45) is 4.62. The van der Waals surface area contributed by atoms with Crippen LogP contribution in [0.2, 0.25) is 0 Å². The molecule has 162 valence electrons. The molecule has 0 saturated carbocycles. The monoisotopic (exact) mass is 434 g/mol. The standard InChI is InChI=1S/C11H14N2O2.C10H12N2O2.ClH/c1-11(2)5-7-4-8(10(14)15-3)6-12-9(7)13-11;1-10(2)4-6-3-7(9(13)14)5-11-8(6)12-10;/h4,6H,5H2,1-3H3,(H,12,13);3,5H,4H2,1-2H3,(H,11,12)(H,13,14);1H. The normalized spacial score (nSPS) is 16.4. The highest BCUT2D eigenvalue weighted by molar-refractivity contribution is 5.89. The van der Waals surface area contributed by atoms with Crippen LogP contribution in [0.3, 0.4) is 0 Å². The van der Waals surface area contributed by atoms with E-state index in [0.717, 1.165) is 35.6 Å². The Kier molecular flexibility index (Phi) is 6.61. The third-order valence-corrected chi connectivity index (χ3v) is 4.78. The molecule has 0 bridgehead atoms. The Bertz CT molecular complexity index is 975. The Hall–Kier alpha value is -2.87. The van der Waals surface area contributed by atoms with E-state index in [9.17, 15) is 9.59 Å². The number of pyridine rings is 2. The molecular formula is C21H27ClN4O4. The van der Waals surface area contributed by atoms with E-state index < -0.39 is 5.97 Å². The number of rotatable bonds is 2. The zero-order chi connectivity index (χ0) is 21.4. The van der Waals surface area contributed by atoms with Crippen LogP contribution in [-0.4, -0.2) is 45.2 Å². The highest BCUT2D eigenvalue weighted by Crippen LogP contribution is 2.31. The molecule has 4 rings (SSSR count). The van der Waals surface area contributed by atoms with Crippen LogP contribution >= 0.6 is 12.4 Å². The van der Waals surface area contributed by atoms with Crippen molar-refractivity contribution in [2.24, 2.45) is 0 Å². The number of carbonyl (C=O) groups is 2. The van der Waals surface area contributed by atoms with Gasteiger partial charge in [0.2, 0.25) is 0 Å². The largest absolute Gasteiger partial charge is 0.478 e. The molecule has 30 heavy (non-hydrogen) atoms. The van der Waals surface area contributed by atoms with Crippen molar-refractivity contribution in [3.8, 4) is 0 Å². The molecule has 0 unspecified atom stereocenters. The summed E-state index contributed by atoms with van der Waals surface area (Å²) in [6.45, 7) is 8.34. The first-order valence-corrected chi connectivity index (χ1v) is 9.35. The van der Waals surface area contributed by atoms with Crippen LogP contribution in [-0.2, 0) is 17.6 Å². The molecule has 0 fully saturated rings. The molecule has 0 aliphatic carbocycles. The number of fused-ring (bicyclic) bond motifs is 2. The molecule has 0 amide bonds. The fourth-order valence-corrected chi connectivity index (χ4v) is 3.54. The van der Waals surface area contributed by atoms with Crippen molar-refractivity contribution in [2.45, 2.75) is 51.6 Å². The van der Waals surface area contributed by atoms with Crippen LogP contribution < -0.4 is 10.6 Å². The van der Waals surface area contributed by atoms with Crippen molar-refractivity contribution < 1.29 is 19.4 Å². The van der Waals surface area contributed by atoms with Crippen molar-refractivity contribution in [1.82, 2.24) is 9.97 Å². The Morgan fingerprint density at radius 1 is 0.933 bits per heavy atom. The predicted molar refractivity (Wildman–Crippen MR) is 117 cm³/mol. The number of nitrogens with zero attached hydrogens (tertiary/aromatic N) is 2. The van der Waals surface area contributed by atoms with Crippen molar-refractivity contribution in [2.75, 3.05) is 17.7 Å². The number of esters is 1. The van der Waals surface area contributed by atoms with Gasteiger partial charge in [0.1, 0.15) is 11.6 Å². The summed E-state index contributed by atoms with van der Waals surface area (Å²) in [6, 6.07) is 3.53. The summed E-state index contributed by atoms with van der Waals surface area (Å²) in [7, 11) is 1.37. The Labute approximate surface area is 181 Å². The molecule has 2 aromatic heterocycles. The topological polar surface area (TPSA) is 113 Å². The van der Waals surface area contributed by atoms with E-state index in [4.69, 9.17) is 5.11 Å². The number of halogens is 1. The van der Waals surface area contributed by atoms with E-state index in [-0.39, 0.29) is 35.0 Å². The third kappa shape index (κ3) is 5.18. The van der Waals surface area contributed by atoms with Crippen LogP contribution in [0.1, 0.15) is 59.5 Å².